The number of H-pyrrole nitrogens is 1. The molecule has 1 aromatic heterocycles. The molecule has 0 saturated heterocycles. The van der Waals surface area contributed by atoms with Gasteiger partial charge in [0.15, 0.2) is 0 Å². The third-order valence-corrected chi connectivity index (χ3v) is 3.90. The summed E-state index contributed by atoms with van der Waals surface area (Å²) in [7, 11) is 0. The molecule has 3 nitrogen and oxygen atoms in total. The summed E-state index contributed by atoms with van der Waals surface area (Å²) in [5, 5.41) is 1.04. The van der Waals surface area contributed by atoms with Crippen molar-refractivity contribution < 1.29 is 0 Å². The van der Waals surface area contributed by atoms with Crippen molar-refractivity contribution in [3.05, 3.63) is 61.7 Å². The van der Waals surface area contributed by atoms with E-state index in [0.29, 0.717) is 28.2 Å². The van der Waals surface area contributed by atoms with Gasteiger partial charge < -0.3 is 4.98 Å². The fourth-order valence-corrected chi connectivity index (χ4v) is 2.36. The third kappa shape index (κ3) is 2.99. The van der Waals surface area contributed by atoms with Crippen LogP contribution in [-0.4, -0.2) is 9.97 Å². The third-order valence-electron chi connectivity index (χ3n) is 3.16. The fourth-order valence-electron chi connectivity index (χ4n) is 2.04. The van der Waals surface area contributed by atoms with Crippen molar-refractivity contribution in [2.24, 2.45) is 0 Å². The van der Waals surface area contributed by atoms with E-state index in [0.717, 1.165) is 24.1 Å². The predicted octanol–water partition coefficient (Wildman–Crippen LogP) is 3.54. The highest BCUT2D eigenvalue weighted by Gasteiger charge is 2.25. The smallest absolute Gasteiger partial charge is 0.251 e. The van der Waals surface area contributed by atoms with Crippen molar-refractivity contribution in [3.8, 4) is 0 Å². The van der Waals surface area contributed by atoms with Crippen LogP contribution in [0.3, 0.4) is 0 Å². The first-order valence-corrected chi connectivity index (χ1v) is 6.91. The van der Waals surface area contributed by atoms with E-state index in [1.807, 2.05) is 6.07 Å². The van der Waals surface area contributed by atoms with Crippen molar-refractivity contribution >= 4 is 23.2 Å². The molecule has 1 aliphatic rings. The first-order valence-electron chi connectivity index (χ1n) is 6.16. The van der Waals surface area contributed by atoms with Gasteiger partial charge in [0.1, 0.15) is 5.82 Å². The number of benzene rings is 1. The Morgan fingerprint density at radius 3 is 2.68 bits per heavy atom. The molecular weight excluding hydrogens is 283 g/mol. The summed E-state index contributed by atoms with van der Waals surface area (Å²) in [6.45, 7) is 0. The minimum Gasteiger partial charge on any atom is -0.310 e. The Labute approximate surface area is 120 Å². The van der Waals surface area contributed by atoms with E-state index in [1.165, 1.54) is 0 Å². The fraction of sp³-hybridized carbons (Fsp3) is 0.286. The summed E-state index contributed by atoms with van der Waals surface area (Å²) in [4.78, 5) is 18.9. The molecule has 0 unspecified atom stereocenters. The van der Waals surface area contributed by atoms with E-state index < -0.39 is 0 Å². The Balaban J connectivity index is 1.89. The van der Waals surface area contributed by atoms with E-state index in [2.05, 4.69) is 9.97 Å². The predicted molar refractivity (Wildman–Crippen MR) is 76.1 cm³/mol. The SMILES string of the molecule is O=c1cc(C2CC2)nc(Cc2ccc(Cl)c(Cl)c2)[nH]1. The van der Waals surface area contributed by atoms with Gasteiger partial charge in [0.05, 0.1) is 15.7 Å². The zero-order valence-electron chi connectivity index (χ0n) is 10.1. The molecule has 1 heterocycles. The molecule has 0 amide bonds. The van der Waals surface area contributed by atoms with Crippen molar-refractivity contribution in [3.63, 3.8) is 0 Å². The number of aromatic amines is 1. The van der Waals surface area contributed by atoms with Gasteiger partial charge in [-0.05, 0) is 30.5 Å². The molecule has 1 saturated carbocycles. The number of halogens is 2. The lowest BCUT2D eigenvalue weighted by molar-refractivity contribution is 0.882. The highest BCUT2D eigenvalue weighted by atomic mass is 35.5. The molecule has 98 valence electrons. The lowest BCUT2D eigenvalue weighted by Gasteiger charge is -2.05. The summed E-state index contributed by atoms with van der Waals surface area (Å²) in [6.07, 6.45) is 2.80. The maximum Gasteiger partial charge on any atom is 0.251 e. The number of hydrogen-bond donors (Lipinski definition) is 1. The molecule has 19 heavy (non-hydrogen) atoms. The Kier molecular flexibility index (Phi) is 3.33. The molecule has 0 spiro atoms. The zero-order valence-corrected chi connectivity index (χ0v) is 11.6. The van der Waals surface area contributed by atoms with Crippen LogP contribution in [0.1, 0.15) is 35.8 Å². The van der Waals surface area contributed by atoms with Crippen molar-refractivity contribution in [2.45, 2.75) is 25.2 Å². The Bertz CT molecular complexity index is 677. The van der Waals surface area contributed by atoms with Crippen LogP contribution in [-0.2, 0) is 6.42 Å². The van der Waals surface area contributed by atoms with Crippen LogP contribution in [0, 0.1) is 0 Å². The van der Waals surface area contributed by atoms with Crippen LogP contribution >= 0.6 is 23.2 Å². The quantitative estimate of drug-likeness (QED) is 0.941. The highest BCUT2D eigenvalue weighted by Crippen LogP contribution is 2.38. The molecular formula is C14H12Cl2N2O. The van der Waals surface area contributed by atoms with Crippen molar-refractivity contribution in [2.75, 3.05) is 0 Å². The van der Waals surface area contributed by atoms with Crippen LogP contribution in [0.25, 0.3) is 0 Å². The normalized spacial score (nSPS) is 14.6. The summed E-state index contributed by atoms with van der Waals surface area (Å²) >= 11 is 11.9. The van der Waals surface area contributed by atoms with Gasteiger partial charge in [0.2, 0.25) is 0 Å². The van der Waals surface area contributed by atoms with Gasteiger partial charge in [0, 0.05) is 18.4 Å². The van der Waals surface area contributed by atoms with Crippen LogP contribution < -0.4 is 5.56 Å². The van der Waals surface area contributed by atoms with E-state index in [9.17, 15) is 4.79 Å². The van der Waals surface area contributed by atoms with Gasteiger partial charge in [-0.25, -0.2) is 4.98 Å². The molecule has 0 radical (unpaired) electrons. The first-order chi connectivity index (χ1) is 9.11. The molecule has 1 fully saturated rings. The molecule has 1 aromatic carbocycles. The largest absolute Gasteiger partial charge is 0.310 e. The zero-order chi connectivity index (χ0) is 13.4. The Morgan fingerprint density at radius 1 is 1.21 bits per heavy atom. The van der Waals surface area contributed by atoms with Gasteiger partial charge >= 0.3 is 0 Å². The van der Waals surface area contributed by atoms with E-state index in [-0.39, 0.29) is 5.56 Å². The van der Waals surface area contributed by atoms with E-state index >= 15 is 0 Å². The second-order valence-electron chi connectivity index (χ2n) is 4.82. The average Bonchev–Trinajstić information content (AvgIpc) is 3.17. The number of hydrogen-bond acceptors (Lipinski definition) is 2. The first kappa shape index (κ1) is 12.7. The van der Waals surface area contributed by atoms with Gasteiger partial charge in [-0.2, -0.15) is 0 Å². The van der Waals surface area contributed by atoms with Crippen molar-refractivity contribution in [1.82, 2.24) is 9.97 Å². The maximum atomic E-state index is 11.6. The topological polar surface area (TPSA) is 45.8 Å². The molecule has 0 aliphatic heterocycles. The maximum absolute atomic E-state index is 11.6. The summed E-state index contributed by atoms with van der Waals surface area (Å²) < 4.78 is 0. The summed E-state index contributed by atoms with van der Waals surface area (Å²) in [5.41, 5.74) is 1.79. The standard InChI is InChI=1S/C14H12Cl2N2O/c15-10-4-1-8(5-11(10)16)6-13-17-12(9-2-3-9)7-14(19)18-13/h1,4-5,7,9H,2-3,6H2,(H,17,18,19). The second-order valence-corrected chi connectivity index (χ2v) is 5.63. The van der Waals surface area contributed by atoms with Crippen LogP contribution in [0.4, 0.5) is 0 Å². The molecule has 0 bridgehead atoms. The van der Waals surface area contributed by atoms with E-state index in [1.54, 1.807) is 18.2 Å². The molecule has 5 heteroatoms. The Hall–Kier alpha value is -1.32. The number of nitrogens with one attached hydrogen (secondary N) is 1. The van der Waals surface area contributed by atoms with Gasteiger partial charge in [0.25, 0.3) is 5.56 Å². The summed E-state index contributed by atoms with van der Waals surface area (Å²) in [5.74, 6) is 1.14. The van der Waals surface area contributed by atoms with Gasteiger partial charge in [-0.15, -0.1) is 0 Å². The number of aromatic nitrogens is 2. The van der Waals surface area contributed by atoms with Crippen LogP contribution in [0.15, 0.2) is 29.1 Å². The average molecular weight is 295 g/mol. The lowest BCUT2D eigenvalue weighted by Crippen LogP contribution is -2.12. The second kappa shape index (κ2) is 4.99. The molecule has 0 atom stereocenters. The molecule has 2 aromatic rings. The van der Waals surface area contributed by atoms with Crippen LogP contribution in [0.2, 0.25) is 10.0 Å². The monoisotopic (exact) mass is 294 g/mol. The molecule has 3 rings (SSSR count). The number of rotatable bonds is 3. The molecule has 1 N–H and O–H groups in total. The summed E-state index contributed by atoms with van der Waals surface area (Å²) in [6, 6.07) is 7.03. The molecule has 1 aliphatic carbocycles. The number of nitrogens with zero attached hydrogens (tertiary/aromatic N) is 1. The van der Waals surface area contributed by atoms with Crippen LogP contribution in [0.5, 0.6) is 0 Å². The lowest BCUT2D eigenvalue weighted by atomic mass is 10.1. The highest BCUT2D eigenvalue weighted by molar-refractivity contribution is 6.42. The minimum absolute atomic E-state index is 0.0908. The Morgan fingerprint density at radius 2 is 2.00 bits per heavy atom. The van der Waals surface area contributed by atoms with E-state index in [4.69, 9.17) is 23.2 Å². The van der Waals surface area contributed by atoms with Gasteiger partial charge in [-0.1, -0.05) is 29.3 Å². The van der Waals surface area contributed by atoms with Crippen molar-refractivity contribution in [1.29, 1.82) is 0 Å². The van der Waals surface area contributed by atoms with Gasteiger partial charge in [-0.3, -0.25) is 4.79 Å². The minimum atomic E-state index is -0.0908.